The molecule has 3 heteroatoms. The zero-order valence-corrected chi connectivity index (χ0v) is 12.6. The number of likely N-dealkylation sites (N-methyl/N-ethyl adjacent to an activating group) is 2. The molecule has 1 heterocycles. The average Bonchev–Trinajstić information content (AvgIpc) is 2.43. The van der Waals surface area contributed by atoms with Crippen LogP contribution in [-0.2, 0) is 4.74 Å². The van der Waals surface area contributed by atoms with Crippen molar-refractivity contribution in [3.63, 3.8) is 0 Å². The summed E-state index contributed by atoms with van der Waals surface area (Å²) in [6.45, 7) is 8.74. The van der Waals surface area contributed by atoms with Crippen LogP contribution in [0.3, 0.4) is 0 Å². The van der Waals surface area contributed by atoms with Gasteiger partial charge in [-0.3, -0.25) is 4.90 Å². The Labute approximate surface area is 113 Å². The summed E-state index contributed by atoms with van der Waals surface area (Å²) in [6.07, 6.45) is 8.44. The van der Waals surface area contributed by atoms with E-state index in [2.05, 4.69) is 31.1 Å². The van der Waals surface area contributed by atoms with Crippen LogP contribution in [0, 0.1) is 0 Å². The van der Waals surface area contributed by atoms with Gasteiger partial charge in [-0.15, -0.1) is 0 Å². The Morgan fingerprint density at radius 3 is 2.67 bits per heavy atom. The number of hydrogen-bond acceptors (Lipinski definition) is 3. The predicted octanol–water partition coefficient (Wildman–Crippen LogP) is 2.66. The number of rotatable bonds is 9. The van der Waals surface area contributed by atoms with Crippen molar-refractivity contribution in [2.75, 3.05) is 33.3 Å². The second-order valence-electron chi connectivity index (χ2n) is 5.40. The lowest BCUT2D eigenvalue weighted by Crippen LogP contribution is -2.51. The minimum atomic E-state index is 0.384. The fraction of sp³-hybridized carbons (Fsp3) is 1.00. The van der Waals surface area contributed by atoms with E-state index >= 15 is 0 Å². The van der Waals surface area contributed by atoms with E-state index in [1.165, 1.54) is 38.5 Å². The second kappa shape index (κ2) is 9.76. The van der Waals surface area contributed by atoms with Crippen LogP contribution in [0.1, 0.15) is 52.4 Å². The smallest absolute Gasteiger partial charge is 0.0855 e. The summed E-state index contributed by atoms with van der Waals surface area (Å²) < 4.78 is 5.94. The number of morpholine rings is 1. The van der Waals surface area contributed by atoms with E-state index in [0.717, 1.165) is 26.2 Å². The molecule has 108 valence electrons. The van der Waals surface area contributed by atoms with Crippen molar-refractivity contribution in [2.45, 2.75) is 64.5 Å². The highest BCUT2D eigenvalue weighted by Gasteiger charge is 2.25. The van der Waals surface area contributed by atoms with Crippen molar-refractivity contribution < 1.29 is 4.74 Å². The topological polar surface area (TPSA) is 24.5 Å². The maximum absolute atomic E-state index is 5.94. The summed E-state index contributed by atoms with van der Waals surface area (Å²) in [5.41, 5.74) is 0. The maximum atomic E-state index is 5.94. The Morgan fingerprint density at radius 1 is 1.22 bits per heavy atom. The van der Waals surface area contributed by atoms with Gasteiger partial charge in [0.15, 0.2) is 0 Å². The first-order valence-electron chi connectivity index (χ1n) is 7.83. The number of hydrogen-bond donors (Lipinski definition) is 1. The lowest BCUT2D eigenvalue weighted by Gasteiger charge is -2.36. The quantitative estimate of drug-likeness (QED) is 0.642. The van der Waals surface area contributed by atoms with Gasteiger partial charge in [0.2, 0.25) is 0 Å². The van der Waals surface area contributed by atoms with Crippen LogP contribution in [0.5, 0.6) is 0 Å². The van der Waals surface area contributed by atoms with Gasteiger partial charge in [0, 0.05) is 19.1 Å². The molecule has 0 aromatic heterocycles. The number of unbranched alkanes of at least 4 members (excludes halogenated alkanes) is 4. The molecule has 1 aliphatic heterocycles. The van der Waals surface area contributed by atoms with Crippen LogP contribution in [0.15, 0.2) is 0 Å². The molecule has 0 aliphatic carbocycles. The van der Waals surface area contributed by atoms with E-state index in [-0.39, 0.29) is 0 Å². The molecule has 0 aromatic carbocycles. The van der Waals surface area contributed by atoms with Gasteiger partial charge < -0.3 is 10.1 Å². The standard InChI is InChI=1S/C15H32N2O/c1-4-6-7-8-9-10-14(16-3)15-13-17(5-2)11-12-18-15/h14-16H,4-13H2,1-3H3. The Bertz CT molecular complexity index is 199. The Hall–Kier alpha value is -0.120. The van der Waals surface area contributed by atoms with Gasteiger partial charge in [-0.1, -0.05) is 46.0 Å². The first-order chi connectivity index (χ1) is 8.81. The zero-order chi connectivity index (χ0) is 13.2. The minimum Gasteiger partial charge on any atom is -0.374 e. The Morgan fingerprint density at radius 2 is 2.00 bits per heavy atom. The van der Waals surface area contributed by atoms with Crippen molar-refractivity contribution in [1.82, 2.24) is 10.2 Å². The number of nitrogens with zero attached hydrogens (tertiary/aromatic N) is 1. The van der Waals surface area contributed by atoms with Gasteiger partial charge >= 0.3 is 0 Å². The molecule has 2 atom stereocenters. The largest absolute Gasteiger partial charge is 0.374 e. The first kappa shape index (κ1) is 15.9. The van der Waals surface area contributed by atoms with Crippen molar-refractivity contribution in [2.24, 2.45) is 0 Å². The molecular formula is C15H32N2O. The van der Waals surface area contributed by atoms with Crippen LogP contribution in [0.2, 0.25) is 0 Å². The molecule has 0 aromatic rings. The summed E-state index contributed by atoms with van der Waals surface area (Å²) in [5, 5.41) is 3.46. The maximum Gasteiger partial charge on any atom is 0.0855 e. The van der Waals surface area contributed by atoms with Gasteiger partial charge in [-0.2, -0.15) is 0 Å². The van der Waals surface area contributed by atoms with E-state index in [9.17, 15) is 0 Å². The van der Waals surface area contributed by atoms with Crippen molar-refractivity contribution in [3.05, 3.63) is 0 Å². The Kier molecular flexibility index (Phi) is 8.64. The monoisotopic (exact) mass is 256 g/mol. The molecule has 0 saturated carbocycles. The second-order valence-corrected chi connectivity index (χ2v) is 5.40. The number of ether oxygens (including phenoxy) is 1. The molecule has 3 nitrogen and oxygen atoms in total. The zero-order valence-electron chi connectivity index (χ0n) is 12.6. The number of nitrogens with one attached hydrogen (secondary N) is 1. The average molecular weight is 256 g/mol. The van der Waals surface area contributed by atoms with Gasteiger partial charge in [0.25, 0.3) is 0 Å². The van der Waals surface area contributed by atoms with E-state index in [1.54, 1.807) is 0 Å². The summed E-state index contributed by atoms with van der Waals surface area (Å²) in [6, 6.07) is 0.529. The van der Waals surface area contributed by atoms with Crippen LogP contribution in [-0.4, -0.2) is 50.3 Å². The first-order valence-corrected chi connectivity index (χ1v) is 7.83. The summed E-state index contributed by atoms with van der Waals surface area (Å²) in [4.78, 5) is 2.50. The molecule has 2 unspecified atom stereocenters. The van der Waals surface area contributed by atoms with Crippen LogP contribution >= 0.6 is 0 Å². The third-order valence-electron chi connectivity index (χ3n) is 4.06. The highest BCUT2D eigenvalue weighted by molar-refractivity contribution is 4.81. The van der Waals surface area contributed by atoms with Crippen LogP contribution in [0.25, 0.3) is 0 Å². The summed E-state index contributed by atoms with van der Waals surface area (Å²) >= 11 is 0. The lowest BCUT2D eigenvalue weighted by atomic mass is 10.0. The molecule has 1 saturated heterocycles. The fourth-order valence-electron chi connectivity index (χ4n) is 2.75. The highest BCUT2D eigenvalue weighted by Crippen LogP contribution is 2.15. The van der Waals surface area contributed by atoms with Gasteiger partial charge in [0.05, 0.1) is 12.7 Å². The molecule has 1 fully saturated rings. The van der Waals surface area contributed by atoms with E-state index < -0.39 is 0 Å². The molecule has 1 N–H and O–H groups in total. The van der Waals surface area contributed by atoms with Crippen LogP contribution < -0.4 is 5.32 Å². The van der Waals surface area contributed by atoms with Gasteiger partial charge in [-0.05, 0) is 20.0 Å². The van der Waals surface area contributed by atoms with Gasteiger partial charge in [0.1, 0.15) is 0 Å². The predicted molar refractivity (Wildman–Crippen MR) is 78.1 cm³/mol. The highest BCUT2D eigenvalue weighted by atomic mass is 16.5. The summed E-state index contributed by atoms with van der Waals surface area (Å²) in [7, 11) is 2.07. The molecule has 0 spiro atoms. The summed E-state index contributed by atoms with van der Waals surface area (Å²) in [5.74, 6) is 0. The molecule has 1 aliphatic rings. The molecular weight excluding hydrogens is 224 g/mol. The third-order valence-corrected chi connectivity index (χ3v) is 4.06. The van der Waals surface area contributed by atoms with E-state index in [4.69, 9.17) is 4.74 Å². The molecule has 0 amide bonds. The normalized spacial score (nSPS) is 23.2. The van der Waals surface area contributed by atoms with Crippen LogP contribution in [0.4, 0.5) is 0 Å². The molecule has 1 rings (SSSR count). The molecule has 18 heavy (non-hydrogen) atoms. The van der Waals surface area contributed by atoms with Crippen molar-refractivity contribution in [3.8, 4) is 0 Å². The van der Waals surface area contributed by atoms with E-state index in [1.807, 2.05) is 0 Å². The Balaban J connectivity index is 2.22. The van der Waals surface area contributed by atoms with Crippen molar-refractivity contribution in [1.29, 1.82) is 0 Å². The fourth-order valence-corrected chi connectivity index (χ4v) is 2.75. The SMILES string of the molecule is CCCCCCCC(NC)C1CN(CC)CCO1. The van der Waals surface area contributed by atoms with E-state index in [0.29, 0.717) is 12.1 Å². The minimum absolute atomic E-state index is 0.384. The molecule has 0 bridgehead atoms. The lowest BCUT2D eigenvalue weighted by molar-refractivity contribution is -0.0453. The molecule has 0 radical (unpaired) electrons. The van der Waals surface area contributed by atoms with Crippen molar-refractivity contribution >= 4 is 0 Å². The van der Waals surface area contributed by atoms with Gasteiger partial charge in [-0.25, -0.2) is 0 Å². The third kappa shape index (κ3) is 5.68.